The van der Waals surface area contributed by atoms with E-state index >= 15 is 0 Å². The highest BCUT2D eigenvalue weighted by molar-refractivity contribution is 6.23. The van der Waals surface area contributed by atoms with Crippen molar-refractivity contribution >= 4 is 29.3 Å². The standard InChI is InChI=1S/C49H51N5O4/c1-32-13-20-43(46(56)50-32)54-47(57)41-26-36-11-7-23-53(28-37(36)27-42(41)48(54)58)44(55)29-51-30-49(31-51)21-24-52(25-22-49)38-17-14-35(15-18-38)45-39-12-6-5-10-34(39)16-19-40(45)33-8-3-2-4-9-33/h2-6,8-10,12,14-15,17-18,26-27,40,43,45H,1,7,11,13,16,19-25,28-31H2,(H,50,56). The first-order chi connectivity index (χ1) is 28.2. The molecule has 1 spiro atoms. The topological polar surface area (TPSA) is 93.3 Å². The zero-order chi connectivity index (χ0) is 39.5. The second-order valence-electron chi connectivity index (χ2n) is 17.7. The number of nitrogens with zero attached hydrogens (tertiary/aromatic N) is 4. The molecular weight excluding hydrogens is 723 g/mol. The SMILES string of the molecule is C=C1CCC(N2C(=O)c3cc4c(cc3C2=O)CN(C(=O)CN2CC3(CCN(c5ccc(C6c7ccccc7CCC6c6ccccc6)cc5)CC3)C2)CCC4)C(=O)N1. The normalized spacial score (nSPS) is 24.1. The number of aryl methyl sites for hydroxylation is 2. The van der Waals surface area contributed by atoms with Crippen LogP contribution in [-0.4, -0.2) is 83.6 Å². The van der Waals surface area contributed by atoms with Gasteiger partial charge in [-0.15, -0.1) is 0 Å². The number of carbonyl (C=O) groups is 4. The van der Waals surface area contributed by atoms with Crippen molar-refractivity contribution in [1.82, 2.24) is 20.0 Å². The quantitative estimate of drug-likeness (QED) is 0.217. The number of rotatable bonds is 6. The van der Waals surface area contributed by atoms with E-state index in [1.165, 1.54) is 27.9 Å². The molecule has 1 aliphatic carbocycles. The number of carbonyl (C=O) groups excluding carboxylic acids is 4. The van der Waals surface area contributed by atoms with Gasteiger partial charge in [0.2, 0.25) is 11.8 Å². The number of likely N-dealkylation sites (tertiary alicyclic amines) is 1. The minimum atomic E-state index is -0.839. The van der Waals surface area contributed by atoms with Crippen molar-refractivity contribution in [1.29, 1.82) is 0 Å². The third-order valence-electron chi connectivity index (χ3n) is 14.1. The fourth-order valence-electron chi connectivity index (χ4n) is 11.0. The second-order valence-corrected chi connectivity index (χ2v) is 17.7. The third kappa shape index (κ3) is 6.53. The number of benzene rings is 4. The van der Waals surface area contributed by atoms with Crippen LogP contribution in [0.25, 0.3) is 0 Å². The van der Waals surface area contributed by atoms with E-state index in [9.17, 15) is 19.2 Å². The molecule has 0 saturated carbocycles. The molecular formula is C49H51N5O4. The van der Waals surface area contributed by atoms with Crippen molar-refractivity contribution in [3.8, 4) is 0 Å². The Hall–Kier alpha value is -5.54. The van der Waals surface area contributed by atoms with E-state index in [4.69, 9.17) is 0 Å². The third-order valence-corrected chi connectivity index (χ3v) is 14.1. The van der Waals surface area contributed by atoms with E-state index < -0.39 is 17.9 Å². The maximum absolute atomic E-state index is 13.7. The van der Waals surface area contributed by atoms with Crippen LogP contribution in [0, 0.1) is 5.41 Å². The summed E-state index contributed by atoms with van der Waals surface area (Å²) < 4.78 is 0. The summed E-state index contributed by atoms with van der Waals surface area (Å²) in [7, 11) is 0. The van der Waals surface area contributed by atoms with Gasteiger partial charge in [0.15, 0.2) is 0 Å². The molecule has 4 aromatic rings. The zero-order valence-electron chi connectivity index (χ0n) is 33.1. The molecule has 9 nitrogen and oxygen atoms in total. The Labute approximate surface area is 340 Å². The summed E-state index contributed by atoms with van der Waals surface area (Å²) in [5.41, 5.74) is 10.5. The summed E-state index contributed by atoms with van der Waals surface area (Å²) in [6.45, 7) is 9.20. The average molecular weight is 774 g/mol. The van der Waals surface area contributed by atoms with Gasteiger partial charge in [-0.2, -0.15) is 0 Å². The van der Waals surface area contributed by atoms with Gasteiger partial charge in [-0.05, 0) is 120 Å². The lowest BCUT2D eigenvalue weighted by atomic mass is 9.69. The number of anilines is 1. The van der Waals surface area contributed by atoms with Crippen molar-refractivity contribution in [3.63, 3.8) is 0 Å². The first-order valence-electron chi connectivity index (χ1n) is 21.2. The molecule has 0 bridgehead atoms. The maximum atomic E-state index is 13.7. The van der Waals surface area contributed by atoms with Crippen molar-refractivity contribution in [2.24, 2.45) is 5.41 Å². The maximum Gasteiger partial charge on any atom is 0.262 e. The van der Waals surface area contributed by atoms with Gasteiger partial charge in [-0.25, -0.2) is 0 Å². The van der Waals surface area contributed by atoms with Gasteiger partial charge in [0.05, 0.1) is 17.7 Å². The summed E-state index contributed by atoms with van der Waals surface area (Å²) in [5.74, 6) is -0.301. The molecule has 0 radical (unpaired) electrons. The van der Waals surface area contributed by atoms with Crippen LogP contribution in [0.4, 0.5) is 5.69 Å². The van der Waals surface area contributed by atoms with E-state index in [0.717, 1.165) is 80.7 Å². The Bertz CT molecular complexity index is 2300. The summed E-state index contributed by atoms with van der Waals surface area (Å²) in [4.78, 5) is 61.3. The Kier molecular flexibility index (Phi) is 9.31. The predicted octanol–water partition coefficient (Wildman–Crippen LogP) is 6.81. The first kappa shape index (κ1) is 36.8. The summed E-state index contributed by atoms with van der Waals surface area (Å²) in [6, 6.07) is 32.2. The van der Waals surface area contributed by atoms with Gasteiger partial charge in [0.1, 0.15) is 6.04 Å². The number of fused-ring (bicyclic) bond motifs is 3. The van der Waals surface area contributed by atoms with Crippen LogP contribution in [0.1, 0.15) is 104 Å². The zero-order valence-corrected chi connectivity index (χ0v) is 33.1. The molecule has 0 aromatic heterocycles. The summed E-state index contributed by atoms with van der Waals surface area (Å²) >= 11 is 0. The van der Waals surface area contributed by atoms with Gasteiger partial charge < -0.3 is 15.1 Å². The Balaban J connectivity index is 0.748. The van der Waals surface area contributed by atoms with E-state index in [-0.39, 0.29) is 17.2 Å². The number of allylic oxidation sites excluding steroid dienone is 1. The molecule has 10 rings (SSSR count). The number of hydrogen-bond acceptors (Lipinski definition) is 6. The van der Waals surface area contributed by atoms with E-state index in [1.807, 2.05) is 11.0 Å². The average Bonchev–Trinajstić information content (AvgIpc) is 3.34. The van der Waals surface area contributed by atoms with Gasteiger partial charge in [0, 0.05) is 56.6 Å². The van der Waals surface area contributed by atoms with Gasteiger partial charge in [-0.3, -0.25) is 29.0 Å². The fraction of sp³-hybridized carbons (Fsp3) is 0.388. The Morgan fingerprint density at radius 2 is 1.45 bits per heavy atom. The molecule has 3 unspecified atom stereocenters. The van der Waals surface area contributed by atoms with E-state index in [0.29, 0.717) is 61.1 Å². The van der Waals surface area contributed by atoms with Gasteiger partial charge >= 0.3 is 0 Å². The lowest BCUT2D eigenvalue weighted by molar-refractivity contribution is -0.137. The molecule has 58 heavy (non-hydrogen) atoms. The van der Waals surface area contributed by atoms with Crippen LogP contribution < -0.4 is 10.2 Å². The fourth-order valence-corrected chi connectivity index (χ4v) is 11.0. The lowest BCUT2D eigenvalue weighted by Crippen LogP contribution is -2.62. The van der Waals surface area contributed by atoms with Gasteiger partial charge in [-0.1, -0.05) is 73.3 Å². The minimum absolute atomic E-state index is 0.110. The summed E-state index contributed by atoms with van der Waals surface area (Å²) in [5, 5.41) is 2.70. The van der Waals surface area contributed by atoms with Crippen molar-refractivity contribution < 1.29 is 19.2 Å². The van der Waals surface area contributed by atoms with E-state index in [2.05, 4.69) is 101 Å². The highest BCUT2D eigenvalue weighted by atomic mass is 16.2. The second kappa shape index (κ2) is 14.7. The van der Waals surface area contributed by atoms with Crippen molar-refractivity contribution in [2.75, 3.05) is 44.2 Å². The number of imide groups is 1. The Morgan fingerprint density at radius 1 is 0.741 bits per heavy atom. The molecule has 5 aliphatic heterocycles. The molecule has 4 amide bonds. The molecule has 296 valence electrons. The van der Waals surface area contributed by atoms with Crippen LogP contribution in [0.5, 0.6) is 0 Å². The molecule has 4 aromatic carbocycles. The number of hydrogen-bond donors (Lipinski definition) is 1. The molecule has 6 aliphatic rings. The van der Waals surface area contributed by atoms with Crippen LogP contribution >= 0.6 is 0 Å². The molecule has 3 fully saturated rings. The molecule has 3 atom stereocenters. The van der Waals surface area contributed by atoms with Gasteiger partial charge in [0.25, 0.3) is 11.8 Å². The van der Waals surface area contributed by atoms with Crippen LogP contribution in [0.15, 0.2) is 103 Å². The monoisotopic (exact) mass is 773 g/mol. The van der Waals surface area contributed by atoms with Crippen molar-refractivity contribution in [2.45, 2.75) is 75.8 Å². The predicted molar refractivity (Wildman–Crippen MR) is 224 cm³/mol. The van der Waals surface area contributed by atoms with Crippen LogP contribution in [0.3, 0.4) is 0 Å². The smallest absolute Gasteiger partial charge is 0.262 e. The largest absolute Gasteiger partial charge is 0.371 e. The van der Waals surface area contributed by atoms with E-state index in [1.54, 1.807) is 6.07 Å². The lowest BCUT2D eigenvalue weighted by Gasteiger charge is -2.54. The van der Waals surface area contributed by atoms with Crippen LogP contribution in [-0.2, 0) is 29.0 Å². The summed E-state index contributed by atoms with van der Waals surface area (Å²) in [6.07, 6.45) is 6.93. The highest BCUT2D eigenvalue weighted by Gasteiger charge is 2.47. The first-order valence-corrected chi connectivity index (χ1v) is 21.2. The number of nitrogens with one attached hydrogen (secondary N) is 1. The highest BCUT2D eigenvalue weighted by Crippen LogP contribution is 2.47. The number of piperidine rings is 2. The molecule has 1 N–H and O–H groups in total. The Morgan fingerprint density at radius 3 is 2.19 bits per heavy atom. The number of amides is 4. The van der Waals surface area contributed by atoms with Crippen LogP contribution in [0.2, 0.25) is 0 Å². The van der Waals surface area contributed by atoms with Crippen molar-refractivity contribution in [3.05, 3.63) is 148 Å². The molecule has 9 heteroatoms. The minimum Gasteiger partial charge on any atom is -0.371 e. The molecule has 5 heterocycles. The molecule has 3 saturated heterocycles.